The molecule has 1 aromatic rings. The zero-order valence-electron chi connectivity index (χ0n) is 8.25. The molecule has 1 saturated heterocycles. The largest absolute Gasteiger partial charge is 0.372 e. The topological polar surface area (TPSA) is 35.2 Å². The van der Waals surface area contributed by atoms with Crippen molar-refractivity contribution in [2.45, 2.75) is 25.0 Å². The Morgan fingerprint density at radius 2 is 2.07 bits per heavy atom. The van der Waals surface area contributed by atoms with Gasteiger partial charge >= 0.3 is 0 Å². The Balaban J connectivity index is 2.24. The summed E-state index contributed by atoms with van der Waals surface area (Å²) in [5.41, 5.74) is 7.01. The summed E-state index contributed by atoms with van der Waals surface area (Å²) in [6, 6.07) is 5.59. The van der Waals surface area contributed by atoms with Gasteiger partial charge in [-0.1, -0.05) is 29.3 Å². The van der Waals surface area contributed by atoms with Gasteiger partial charge in [0, 0.05) is 12.6 Å². The highest BCUT2D eigenvalue weighted by Crippen LogP contribution is 2.31. The maximum atomic E-state index is 6.00. The van der Waals surface area contributed by atoms with Crippen LogP contribution in [0.15, 0.2) is 18.2 Å². The highest BCUT2D eigenvalue weighted by atomic mass is 35.5. The molecular formula is C11H13Cl2NO. The van der Waals surface area contributed by atoms with Crippen molar-refractivity contribution in [3.8, 4) is 0 Å². The van der Waals surface area contributed by atoms with Crippen molar-refractivity contribution >= 4 is 23.2 Å². The number of hydrogen-bond acceptors (Lipinski definition) is 2. The van der Waals surface area contributed by atoms with Crippen LogP contribution in [0.5, 0.6) is 0 Å². The summed E-state index contributed by atoms with van der Waals surface area (Å²) in [4.78, 5) is 0. The molecule has 0 radical (unpaired) electrons. The standard InChI is InChI=1S/C11H13Cl2NO/c12-8-4-3-7(6-9(8)13)11-10(14)2-1-5-15-11/h3-4,6,10-11H,1-2,5,14H2. The quantitative estimate of drug-likeness (QED) is 0.825. The molecule has 1 aliphatic rings. The molecule has 1 heterocycles. The average molecular weight is 246 g/mol. The van der Waals surface area contributed by atoms with Gasteiger partial charge in [0.25, 0.3) is 0 Å². The summed E-state index contributed by atoms with van der Waals surface area (Å²) in [5, 5.41) is 1.11. The van der Waals surface area contributed by atoms with Crippen LogP contribution in [0.25, 0.3) is 0 Å². The van der Waals surface area contributed by atoms with Crippen molar-refractivity contribution in [1.82, 2.24) is 0 Å². The molecular weight excluding hydrogens is 233 g/mol. The Hall–Kier alpha value is -0.280. The predicted molar refractivity (Wildman–Crippen MR) is 62.4 cm³/mol. The van der Waals surface area contributed by atoms with Gasteiger partial charge < -0.3 is 10.5 Å². The fourth-order valence-corrected chi connectivity index (χ4v) is 2.14. The number of nitrogens with two attached hydrogens (primary N) is 1. The molecule has 0 spiro atoms. The second-order valence-electron chi connectivity index (χ2n) is 3.77. The molecule has 0 bridgehead atoms. The van der Waals surface area contributed by atoms with E-state index in [0.29, 0.717) is 10.0 Å². The number of halogens is 2. The first-order valence-corrected chi connectivity index (χ1v) is 5.76. The third-order valence-electron chi connectivity index (χ3n) is 2.64. The first-order valence-electron chi connectivity index (χ1n) is 5.00. The SMILES string of the molecule is NC1CCCOC1c1ccc(Cl)c(Cl)c1. The maximum absolute atomic E-state index is 6.00. The number of hydrogen-bond donors (Lipinski definition) is 1. The fraction of sp³-hybridized carbons (Fsp3) is 0.455. The Bertz CT molecular complexity index is 356. The first-order chi connectivity index (χ1) is 7.18. The molecule has 1 fully saturated rings. The molecule has 2 N–H and O–H groups in total. The van der Waals surface area contributed by atoms with Crippen molar-refractivity contribution < 1.29 is 4.74 Å². The van der Waals surface area contributed by atoms with Crippen LogP contribution in [-0.2, 0) is 4.74 Å². The summed E-state index contributed by atoms with van der Waals surface area (Å²) >= 11 is 11.8. The molecule has 2 rings (SSSR count). The van der Waals surface area contributed by atoms with Crippen LogP contribution in [0.1, 0.15) is 24.5 Å². The molecule has 0 aliphatic carbocycles. The molecule has 0 saturated carbocycles. The van der Waals surface area contributed by atoms with E-state index in [-0.39, 0.29) is 12.1 Å². The van der Waals surface area contributed by atoms with Gasteiger partial charge in [0.05, 0.1) is 16.1 Å². The highest BCUT2D eigenvalue weighted by molar-refractivity contribution is 6.42. The number of ether oxygens (including phenoxy) is 1. The van der Waals surface area contributed by atoms with E-state index in [1.165, 1.54) is 0 Å². The lowest BCUT2D eigenvalue weighted by Gasteiger charge is -2.29. The normalized spacial score (nSPS) is 26.6. The van der Waals surface area contributed by atoms with Gasteiger partial charge in [-0.15, -0.1) is 0 Å². The van der Waals surface area contributed by atoms with Gasteiger partial charge in [0.1, 0.15) is 0 Å². The van der Waals surface area contributed by atoms with E-state index in [4.69, 9.17) is 33.7 Å². The monoisotopic (exact) mass is 245 g/mol. The van der Waals surface area contributed by atoms with Gasteiger partial charge in [-0.3, -0.25) is 0 Å². The van der Waals surface area contributed by atoms with E-state index in [0.717, 1.165) is 25.0 Å². The molecule has 2 unspecified atom stereocenters. The third-order valence-corrected chi connectivity index (χ3v) is 3.38. The van der Waals surface area contributed by atoms with Crippen LogP contribution in [0.2, 0.25) is 10.0 Å². The fourth-order valence-electron chi connectivity index (χ4n) is 1.84. The van der Waals surface area contributed by atoms with Crippen molar-refractivity contribution in [3.63, 3.8) is 0 Å². The molecule has 2 atom stereocenters. The van der Waals surface area contributed by atoms with Crippen LogP contribution in [0, 0.1) is 0 Å². The van der Waals surface area contributed by atoms with Gasteiger partial charge in [-0.25, -0.2) is 0 Å². The lowest BCUT2D eigenvalue weighted by molar-refractivity contribution is 0.000153. The summed E-state index contributed by atoms with van der Waals surface area (Å²) in [6.07, 6.45) is 1.97. The minimum absolute atomic E-state index is 0.0477. The Kier molecular flexibility index (Phi) is 3.52. The van der Waals surface area contributed by atoms with E-state index in [1.54, 1.807) is 6.07 Å². The van der Waals surface area contributed by atoms with Gasteiger partial charge in [0.15, 0.2) is 0 Å². The van der Waals surface area contributed by atoms with Crippen molar-refractivity contribution in [3.05, 3.63) is 33.8 Å². The minimum atomic E-state index is -0.0477. The van der Waals surface area contributed by atoms with Crippen molar-refractivity contribution in [2.24, 2.45) is 5.73 Å². The second-order valence-corrected chi connectivity index (χ2v) is 4.59. The van der Waals surface area contributed by atoms with Crippen LogP contribution in [0.4, 0.5) is 0 Å². The minimum Gasteiger partial charge on any atom is -0.372 e. The average Bonchev–Trinajstić information content (AvgIpc) is 2.23. The summed E-state index contributed by atoms with van der Waals surface area (Å²) in [5.74, 6) is 0. The smallest absolute Gasteiger partial charge is 0.0976 e. The van der Waals surface area contributed by atoms with Gasteiger partial charge in [-0.05, 0) is 30.5 Å². The molecule has 0 aromatic heterocycles. The van der Waals surface area contributed by atoms with Crippen LogP contribution in [-0.4, -0.2) is 12.6 Å². The molecule has 82 valence electrons. The predicted octanol–water partition coefficient (Wildman–Crippen LogP) is 3.17. The molecule has 1 aromatic carbocycles. The zero-order valence-corrected chi connectivity index (χ0v) is 9.76. The van der Waals surface area contributed by atoms with E-state index >= 15 is 0 Å². The maximum Gasteiger partial charge on any atom is 0.0976 e. The van der Waals surface area contributed by atoms with Crippen molar-refractivity contribution in [1.29, 1.82) is 0 Å². The zero-order chi connectivity index (χ0) is 10.8. The first kappa shape index (κ1) is 11.2. The van der Waals surface area contributed by atoms with E-state index in [9.17, 15) is 0 Å². The van der Waals surface area contributed by atoms with Crippen LogP contribution < -0.4 is 5.73 Å². The Morgan fingerprint density at radius 3 is 2.73 bits per heavy atom. The Morgan fingerprint density at radius 1 is 1.27 bits per heavy atom. The molecule has 2 nitrogen and oxygen atoms in total. The molecule has 4 heteroatoms. The second kappa shape index (κ2) is 4.71. The summed E-state index contributed by atoms with van der Waals surface area (Å²) in [6.45, 7) is 0.763. The molecule has 0 amide bonds. The van der Waals surface area contributed by atoms with E-state index in [1.807, 2.05) is 12.1 Å². The third kappa shape index (κ3) is 2.45. The van der Waals surface area contributed by atoms with Crippen LogP contribution >= 0.6 is 23.2 Å². The lowest BCUT2D eigenvalue weighted by atomic mass is 9.97. The number of rotatable bonds is 1. The Labute approximate surface area is 99.3 Å². The van der Waals surface area contributed by atoms with Crippen LogP contribution in [0.3, 0.4) is 0 Å². The molecule has 15 heavy (non-hydrogen) atoms. The van der Waals surface area contributed by atoms with E-state index < -0.39 is 0 Å². The summed E-state index contributed by atoms with van der Waals surface area (Å²) < 4.78 is 5.64. The van der Waals surface area contributed by atoms with Gasteiger partial charge in [0.2, 0.25) is 0 Å². The molecule has 1 aliphatic heterocycles. The lowest BCUT2D eigenvalue weighted by Crippen LogP contribution is -2.34. The number of benzene rings is 1. The van der Waals surface area contributed by atoms with Gasteiger partial charge in [-0.2, -0.15) is 0 Å². The summed E-state index contributed by atoms with van der Waals surface area (Å²) in [7, 11) is 0. The highest BCUT2D eigenvalue weighted by Gasteiger charge is 2.24. The van der Waals surface area contributed by atoms with Crippen molar-refractivity contribution in [2.75, 3.05) is 6.61 Å². The van der Waals surface area contributed by atoms with E-state index in [2.05, 4.69) is 0 Å².